The van der Waals surface area contributed by atoms with Crippen LogP contribution < -0.4 is 0 Å². The molecule has 0 unspecified atom stereocenters. The molecule has 1 aromatic rings. The van der Waals surface area contributed by atoms with Crippen molar-refractivity contribution in [2.24, 2.45) is 5.92 Å². The number of rotatable bonds is 3. The van der Waals surface area contributed by atoms with Gasteiger partial charge in [0.2, 0.25) is 0 Å². The molecule has 1 aromatic heterocycles. The lowest BCUT2D eigenvalue weighted by Gasteiger charge is -2.50. The monoisotopic (exact) mass is 306 g/mol. The molecule has 4 heterocycles. The summed E-state index contributed by atoms with van der Waals surface area (Å²) in [5.41, 5.74) is 1.27. The fourth-order valence-corrected chi connectivity index (χ4v) is 4.26. The molecule has 0 amide bonds. The smallest absolute Gasteiger partial charge is 0.0947 e. The summed E-state index contributed by atoms with van der Waals surface area (Å²) in [7, 11) is 0. The van der Waals surface area contributed by atoms with Crippen LogP contribution in [0.25, 0.3) is 0 Å². The molecule has 3 saturated heterocycles. The Morgan fingerprint density at radius 1 is 1.14 bits per heavy atom. The van der Waals surface area contributed by atoms with E-state index in [-0.39, 0.29) is 0 Å². The molecule has 0 saturated carbocycles. The molecule has 5 nitrogen and oxygen atoms in total. The molecule has 0 spiro atoms. The Kier molecular flexibility index (Phi) is 4.48. The minimum Gasteiger partial charge on any atom is -0.472 e. The molecule has 0 aromatic carbocycles. The van der Waals surface area contributed by atoms with E-state index in [1.54, 1.807) is 6.26 Å². The van der Waals surface area contributed by atoms with Crippen LogP contribution in [0, 0.1) is 5.92 Å². The molecule has 3 fully saturated rings. The van der Waals surface area contributed by atoms with Gasteiger partial charge in [0.1, 0.15) is 0 Å². The van der Waals surface area contributed by atoms with E-state index in [9.17, 15) is 0 Å². The average Bonchev–Trinajstić information content (AvgIpc) is 3.08. The lowest BCUT2D eigenvalue weighted by atomic mass is 9.84. The predicted molar refractivity (Wildman–Crippen MR) is 82.6 cm³/mol. The van der Waals surface area contributed by atoms with Crippen LogP contribution in [0.1, 0.15) is 18.4 Å². The van der Waals surface area contributed by atoms with E-state index in [1.807, 2.05) is 6.26 Å². The first kappa shape index (κ1) is 14.7. The molecule has 4 rings (SSSR count). The number of ether oxygens (including phenoxy) is 2. The molecule has 122 valence electrons. The van der Waals surface area contributed by atoms with Gasteiger partial charge in [-0.15, -0.1) is 0 Å². The van der Waals surface area contributed by atoms with Gasteiger partial charge in [-0.2, -0.15) is 0 Å². The van der Waals surface area contributed by atoms with Gasteiger partial charge in [-0.3, -0.25) is 9.80 Å². The number of fused-ring (bicyclic) bond motifs is 1. The Hall–Kier alpha value is -0.880. The third-order valence-electron chi connectivity index (χ3n) is 5.31. The zero-order valence-corrected chi connectivity index (χ0v) is 13.2. The zero-order valence-electron chi connectivity index (χ0n) is 13.2. The van der Waals surface area contributed by atoms with E-state index < -0.39 is 0 Å². The number of morpholine rings is 1. The van der Waals surface area contributed by atoms with E-state index >= 15 is 0 Å². The second-order valence-corrected chi connectivity index (χ2v) is 6.78. The normalized spacial score (nSPS) is 34.5. The quantitative estimate of drug-likeness (QED) is 0.848. The van der Waals surface area contributed by atoms with E-state index in [2.05, 4.69) is 15.9 Å². The van der Waals surface area contributed by atoms with Crippen molar-refractivity contribution in [1.29, 1.82) is 0 Å². The highest BCUT2D eigenvalue weighted by atomic mass is 16.5. The van der Waals surface area contributed by atoms with Gasteiger partial charge in [0, 0.05) is 50.9 Å². The number of nitrogens with zero attached hydrogens (tertiary/aromatic N) is 2. The van der Waals surface area contributed by atoms with E-state index in [1.165, 1.54) is 18.4 Å². The molecule has 0 aliphatic carbocycles. The average molecular weight is 306 g/mol. The number of hydrogen-bond donors (Lipinski definition) is 0. The van der Waals surface area contributed by atoms with Gasteiger partial charge < -0.3 is 13.9 Å². The van der Waals surface area contributed by atoms with E-state index in [0.29, 0.717) is 18.1 Å². The van der Waals surface area contributed by atoms with Crippen LogP contribution in [0.15, 0.2) is 23.0 Å². The van der Waals surface area contributed by atoms with Crippen molar-refractivity contribution in [2.45, 2.75) is 31.5 Å². The van der Waals surface area contributed by atoms with E-state index in [0.717, 1.165) is 52.5 Å². The van der Waals surface area contributed by atoms with Crippen LogP contribution in [0.3, 0.4) is 0 Å². The highest BCUT2D eigenvalue weighted by Gasteiger charge is 2.42. The first-order valence-electron chi connectivity index (χ1n) is 8.57. The van der Waals surface area contributed by atoms with Crippen molar-refractivity contribution in [3.63, 3.8) is 0 Å². The topological polar surface area (TPSA) is 38.1 Å². The second kappa shape index (κ2) is 6.71. The van der Waals surface area contributed by atoms with Crippen LogP contribution in [0.4, 0.5) is 0 Å². The van der Waals surface area contributed by atoms with Crippen LogP contribution >= 0.6 is 0 Å². The Bertz CT molecular complexity index is 458. The first-order valence-corrected chi connectivity index (χ1v) is 8.57. The molecule has 22 heavy (non-hydrogen) atoms. The highest BCUT2D eigenvalue weighted by molar-refractivity contribution is 5.06. The Labute approximate surface area is 132 Å². The van der Waals surface area contributed by atoms with Crippen LogP contribution in [-0.4, -0.2) is 67.9 Å². The van der Waals surface area contributed by atoms with Crippen molar-refractivity contribution in [3.05, 3.63) is 24.2 Å². The lowest BCUT2D eigenvalue weighted by Crippen LogP contribution is -2.62. The fourth-order valence-electron chi connectivity index (χ4n) is 4.26. The molecule has 0 bridgehead atoms. The second-order valence-electron chi connectivity index (χ2n) is 6.78. The largest absolute Gasteiger partial charge is 0.472 e. The molecule has 3 atom stereocenters. The summed E-state index contributed by atoms with van der Waals surface area (Å²) in [5, 5.41) is 0. The van der Waals surface area contributed by atoms with Crippen LogP contribution in [-0.2, 0) is 16.0 Å². The molecule has 3 aliphatic rings. The van der Waals surface area contributed by atoms with Gasteiger partial charge in [0.25, 0.3) is 0 Å². The fraction of sp³-hybridized carbons (Fsp3) is 0.765. The van der Waals surface area contributed by atoms with Gasteiger partial charge in [-0.25, -0.2) is 0 Å². The van der Waals surface area contributed by atoms with E-state index in [4.69, 9.17) is 13.9 Å². The summed E-state index contributed by atoms with van der Waals surface area (Å²) in [6.45, 7) is 7.95. The number of likely N-dealkylation sites (tertiary alicyclic amines) is 1. The summed E-state index contributed by atoms with van der Waals surface area (Å²) < 4.78 is 17.0. The Morgan fingerprint density at radius 3 is 2.86 bits per heavy atom. The van der Waals surface area contributed by atoms with Crippen molar-refractivity contribution < 1.29 is 13.9 Å². The number of piperidine rings is 1. The Balaban J connectivity index is 1.48. The summed E-state index contributed by atoms with van der Waals surface area (Å²) in [6.07, 6.45) is 6.55. The molecule has 0 radical (unpaired) electrons. The summed E-state index contributed by atoms with van der Waals surface area (Å²) in [4.78, 5) is 5.18. The molecule has 3 aliphatic heterocycles. The van der Waals surface area contributed by atoms with Gasteiger partial charge >= 0.3 is 0 Å². The van der Waals surface area contributed by atoms with Crippen molar-refractivity contribution in [3.8, 4) is 0 Å². The summed E-state index contributed by atoms with van der Waals surface area (Å²) >= 11 is 0. The van der Waals surface area contributed by atoms with Gasteiger partial charge in [0.15, 0.2) is 0 Å². The van der Waals surface area contributed by atoms with Crippen LogP contribution in [0.2, 0.25) is 0 Å². The van der Waals surface area contributed by atoms with Gasteiger partial charge in [-0.1, -0.05) is 0 Å². The zero-order chi connectivity index (χ0) is 14.8. The molecular formula is C17H26N2O3. The lowest BCUT2D eigenvalue weighted by molar-refractivity contribution is -0.128. The van der Waals surface area contributed by atoms with Crippen molar-refractivity contribution in [1.82, 2.24) is 9.80 Å². The summed E-state index contributed by atoms with van der Waals surface area (Å²) in [6, 6.07) is 2.59. The van der Waals surface area contributed by atoms with Crippen molar-refractivity contribution >= 4 is 0 Å². The first-order chi connectivity index (χ1) is 10.9. The van der Waals surface area contributed by atoms with Gasteiger partial charge in [-0.05, 0) is 24.8 Å². The standard InChI is InChI=1S/C17H26N2O3/c1-2-15-11-18(10-14-3-7-21-13-14)12-16(17(15)22-6-1)19-4-8-20-9-5-19/h3,7,13,15-17H,1-2,4-6,8-12H2/t15-,16+,17-/m0/s1. The third-order valence-corrected chi connectivity index (χ3v) is 5.31. The maximum atomic E-state index is 6.20. The SMILES string of the molecule is c1cc(CN2C[C@@H]3CCCO[C@@H]3[C@H](N3CCOCC3)C2)co1. The molecular weight excluding hydrogens is 280 g/mol. The van der Waals surface area contributed by atoms with Crippen molar-refractivity contribution in [2.75, 3.05) is 46.0 Å². The maximum Gasteiger partial charge on any atom is 0.0947 e. The van der Waals surface area contributed by atoms with Gasteiger partial charge in [0.05, 0.1) is 31.8 Å². The minimum atomic E-state index is 0.410. The van der Waals surface area contributed by atoms with Crippen LogP contribution in [0.5, 0.6) is 0 Å². The molecule has 5 heteroatoms. The maximum absolute atomic E-state index is 6.20. The third kappa shape index (κ3) is 3.08. The predicted octanol–water partition coefficient (Wildman–Crippen LogP) is 1.59. The highest BCUT2D eigenvalue weighted by Crippen LogP contribution is 2.32. The number of hydrogen-bond acceptors (Lipinski definition) is 5. The minimum absolute atomic E-state index is 0.410. The Morgan fingerprint density at radius 2 is 2.05 bits per heavy atom. The number of furan rings is 1. The molecule has 0 N–H and O–H groups in total. The summed E-state index contributed by atoms with van der Waals surface area (Å²) in [5.74, 6) is 0.669.